The Balaban J connectivity index is 1.81. The molecule has 3 nitrogen and oxygen atoms in total. The zero-order valence-corrected chi connectivity index (χ0v) is 11.2. The molecule has 21 heavy (non-hydrogen) atoms. The van der Waals surface area contributed by atoms with Gasteiger partial charge < -0.3 is 5.32 Å². The third-order valence-electron chi connectivity index (χ3n) is 3.25. The number of hydrogen-bond donors (Lipinski definition) is 1. The van der Waals surface area contributed by atoms with Crippen molar-refractivity contribution in [1.82, 2.24) is 0 Å². The maximum absolute atomic E-state index is 12.0. The first-order chi connectivity index (χ1) is 10.2. The first-order valence-electron chi connectivity index (χ1n) is 6.63. The zero-order chi connectivity index (χ0) is 14.7. The van der Waals surface area contributed by atoms with Crippen LogP contribution in [0.15, 0.2) is 72.8 Å². The first-order valence-corrected chi connectivity index (χ1v) is 6.63. The highest BCUT2D eigenvalue weighted by molar-refractivity contribution is 6.46. The van der Waals surface area contributed by atoms with Crippen molar-refractivity contribution in [2.24, 2.45) is 0 Å². The van der Waals surface area contributed by atoms with E-state index in [4.69, 9.17) is 0 Å². The van der Waals surface area contributed by atoms with Gasteiger partial charge in [-0.3, -0.25) is 9.59 Å². The van der Waals surface area contributed by atoms with Crippen molar-refractivity contribution in [2.75, 3.05) is 5.32 Å². The molecule has 0 heterocycles. The molecule has 3 aromatic rings. The molecular formula is C18H13NO2. The molecule has 0 spiro atoms. The average molecular weight is 275 g/mol. The molecule has 0 fully saturated rings. The molecule has 0 radical (unpaired) electrons. The fraction of sp³-hybridized carbons (Fsp3) is 0. The Bertz CT molecular complexity index is 810. The van der Waals surface area contributed by atoms with Crippen molar-refractivity contribution in [2.45, 2.75) is 0 Å². The van der Waals surface area contributed by atoms with Gasteiger partial charge in [-0.15, -0.1) is 0 Å². The summed E-state index contributed by atoms with van der Waals surface area (Å²) in [6.45, 7) is 0. The van der Waals surface area contributed by atoms with E-state index in [0.717, 1.165) is 10.8 Å². The molecule has 3 aromatic carbocycles. The second-order valence-electron chi connectivity index (χ2n) is 4.71. The van der Waals surface area contributed by atoms with Crippen LogP contribution in [0.5, 0.6) is 0 Å². The van der Waals surface area contributed by atoms with Crippen molar-refractivity contribution in [3.05, 3.63) is 78.4 Å². The van der Waals surface area contributed by atoms with Crippen LogP contribution in [0.1, 0.15) is 10.4 Å². The van der Waals surface area contributed by atoms with Gasteiger partial charge >= 0.3 is 0 Å². The van der Waals surface area contributed by atoms with Gasteiger partial charge in [0.1, 0.15) is 0 Å². The molecule has 0 aliphatic carbocycles. The highest BCUT2D eigenvalue weighted by Crippen LogP contribution is 2.19. The minimum Gasteiger partial charge on any atom is -0.319 e. The number of carbonyl (C=O) groups is 2. The van der Waals surface area contributed by atoms with Gasteiger partial charge in [0.25, 0.3) is 11.7 Å². The van der Waals surface area contributed by atoms with Gasteiger partial charge in [0, 0.05) is 11.3 Å². The van der Waals surface area contributed by atoms with Crippen LogP contribution in [0, 0.1) is 0 Å². The fourth-order valence-electron chi connectivity index (χ4n) is 2.18. The molecule has 0 unspecified atom stereocenters. The topological polar surface area (TPSA) is 46.2 Å². The predicted octanol–water partition coefficient (Wildman–Crippen LogP) is 3.66. The molecular weight excluding hydrogens is 262 g/mol. The summed E-state index contributed by atoms with van der Waals surface area (Å²) in [5, 5.41) is 4.75. The maximum Gasteiger partial charge on any atom is 0.296 e. The highest BCUT2D eigenvalue weighted by atomic mass is 16.2. The Hall–Kier alpha value is -2.94. The van der Waals surface area contributed by atoms with Gasteiger partial charge in [-0.2, -0.15) is 0 Å². The minimum absolute atomic E-state index is 0.385. The van der Waals surface area contributed by atoms with E-state index in [-0.39, 0.29) is 0 Å². The lowest BCUT2D eigenvalue weighted by Crippen LogP contribution is -2.22. The molecule has 0 bridgehead atoms. The van der Waals surface area contributed by atoms with E-state index in [1.165, 1.54) is 0 Å². The SMILES string of the molecule is O=C(Nc1ccc2ccccc2c1)C(=O)c1ccccc1. The van der Waals surface area contributed by atoms with Crippen LogP contribution in [0.2, 0.25) is 0 Å². The van der Waals surface area contributed by atoms with Crippen LogP contribution in [-0.4, -0.2) is 11.7 Å². The van der Waals surface area contributed by atoms with Crippen molar-refractivity contribution in [3.8, 4) is 0 Å². The zero-order valence-electron chi connectivity index (χ0n) is 11.2. The smallest absolute Gasteiger partial charge is 0.296 e. The van der Waals surface area contributed by atoms with E-state index in [1.54, 1.807) is 36.4 Å². The van der Waals surface area contributed by atoms with Crippen LogP contribution in [-0.2, 0) is 4.79 Å². The van der Waals surface area contributed by atoms with E-state index in [2.05, 4.69) is 5.32 Å². The first kappa shape index (κ1) is 13.1. The largest absolute Gasteiger partial charge is 0.319 e. The van der Waals surface area contributed by atoms with Crippen LogP contribution in [0.25, 0.3) is 10.8 Å². The van der Waals surface area contributed by atoms with Crippen LogP contribution >= 0.6 is 0 Å². The third-order valence-corrected chi connectivity index (χ3v) is 3.25. The van der Waals surface area contributed by atoms with Crippen LogP contribution < -0.4 is 5.32 Å². The number of Topliss-reactive ketones (excluding diaryl/α,β-unsaturated/α-hetero) is 1. The number of rotatable bonds is 3. The summed E-state index contributed by atoms with van der Waals surface area (Å²) in [5.74, 6) is -1.17. The molecule has 0 aliphatic rings. The number of anilines is 1. The molecule has 1 amide bonds. The molecule has 0 atom stereocenters. The van der Waals surface area contributed by atoms with E-state index in [9.17, 15) is 9.59 Å². The Morgan fingerprint density at radius 1 is 0.714 bits per heavy atom. The quantitative estimate of drug-likeness (QED) is 0.585. The molecule has 0 saturated carbocycles. The standard InChI is InChI=1S/C18H13NO2/c20-17(14-7-2-1-3-8-14)18(21)19-16-11-10-13-6-4-5-9-15(13)12-16/h1-12H,(H,19,21). The summed E-state index contributed by atoms with van der Waals surface area (Å²) in [5.41, 5.74) is 0.999. The van der Waals surface area contributed by atoms with Gasteiger partial charge in [-0.1, -0.05) is 60.7 Å². The Morgan fingerprint density at radius 3 is 2.14 bits per heavy atom. The normalized spacial score (nSPS) is 10.3. The average Bonchev–Trinajstić information content (AvgIpc) is 2.55. The minimum atomic E-state index is -0.628. The van der Waals surface area contributed by atoms with Gasteiger partial charge in [-0.05, 0) is 22.9 Å². The molecule has 102 valence electrons. The number of fused-ring (bicyclic) bond motifs is 1. The van der Waals surface area contributed by atoms with E-state index in [1.807, 2.05) is 36.4 Å². The fourth-order valence-corrected chi connectivity index (χ4v) is 2.18. The van der Waals surface area contributed by atoms with Gasteiger partial charge in [0.2, 0.25) is 0 Å². The van der Waals surface area contributed by atoms with Gasteiger partial charge in [0.15, 0.2) is 0 Å². The number of hydrogen-bond acceptors (Lipinski definition) is 2. The van der Waals surface area contributed by atoms with Crippen LogP contribution in [0.4, 0.5) is 5.69 Å². The predicted molar refractivity (Wildman–Crippen MR) is 83.4 cm³/mol. The van der Waals surface area contributed by atoms with Crippen LogP contribution in [0.3, 0.4) is 0 Å². The number of carbonyl (C=O) groups excluding carboxylic acids is 2. The summed E-state index contributed by atoms with van der Waals surface area (Å²) in [6.07, 6.45) is 0. The lowest BCUT2D eigenvalue weighted by Gasteiger charge is -2.06. The van der Waals surface area contributed by atoms with Gasteiger partial charge in [-0.25, -0.2) is 0 Å². The highest BCUT2D eigenvalue weighted by Gasteiger charge is 2.15. The molecule has 0 aromatic heterocycles. The van der Waals surface area contributed by atoms with Crippen molar-refractivity contribution < 1.29 is 9.59 Å². The monoisotopic (exact) mass is 275 g/mol. The van der Waals surface area contributed by atoms with E-state index in [0.29, 0.717) is 11.3 Å². The van der Waals surface area contributed by atoms with E-state index >= 15 is 0 Å². The summed E-state index contributed by atoms with van der Waals surface area (Å²) in [7, 11) is 0. The van der Waals surface area contributed by atoms with Crippen molar-refractivity contribution in [3.63, 3.8) is 0 Å². The Morgan fingerprint density at radius 2 is 1.38 bits per heavy atom. The third kappa shape index (κ3) is 2.82. The molecule has 0 saturated heterocycles. The van der Waals surface area contributed by atoms with Crippen molar-refractivity contribution >= 4 is 28.2 Å². The van der Waals surface area contributed by atoms with Gasteiger partial charge in [0.05, 0.1) is 0 Å². The molecule has 0 aliphatic heterocycles. The lowest BCUT2D eigenvalue weighted by atomic mass is 10.1. The maximum atomic E-state index is 12.0. The number of benzene rings is 3. The summed E-state index contributed by atoms with van der Waals surface area (Å²) in [6, 6.07) is 21.9. The second kappa shape index (κ2) is 5.59. The summed E-state index contributed by atoms with van der Waals surface area (Å²) in [4.78, 5) is 24.0. The number of nitrogens with one attached hydrogen (secondary N) is 1. The summed E-state index contributed by atoms with van der Waals surface area (Å²) >= 11 is 0. The molecule has 3 heteroatoms. The second-order valence-corrected chi connectivity index (χ2v) is 4.71. The Labute approximate surface area is 122 Å². The Kier molecular flexibility index (Phi) is 3.48. The van der Waals surface area contributed by atoms with Crippen molar-refractivity contribution in [1.29, 1.82) is 0 Å². The van der Waals surface area contributed by atoms with E-state index < -0.39 is 11.7 Å². The summed E-state index contributed by atoms with van der Waals surface area (Å²) < 4.78 is 0. The number of ketones is 1. The lowest BCUT2D eigenvalue weighted by molar-refractivity contribution is -0.112. The molecule has 1 N–H and O–H groups in total. The molecule has 3 rings (SSSR count). The number of amides is 1.